The van der Waals surface area contributed by atoms with Crippen molar-refractivity contribution >= 4 is 17.5 Å². The fraction of sp³-hybridized carbons (Fsp3) is 0.500. The second-order valence-electron chi connectivity index (χ2n) is 4.68. The summed E-state index contributed by atoms with van der Waals surface area (Å²) in [5, 5.41) is 6.92. The number of likely N-dealkylation sites (N-methyl/N-ethyl adjacent to an activating group) is 1. The van der Waals surface area contributed by atoms with Crippen LogP contribution in [0, 0.1) is 0 Å². The summed E-state index contributed by atoms with van der Waals surface area (Å²) < 4.78 is 0. The van der Waals surface area contributed by atoms with Crippen LogP contribution < -0.4 is 10.6 Å². The van der Waals surface area contributed by atoms with Gasteiger partial charge in [-0.25, -0.2) is 0 Å². The predicted molar refractivity (Wildman–Crippen MR) is 77.2 cm³/mol. The summed E-state index contributed by atoms with van der Waals surface area (Å²) >= 11 is 6.19. The van der Waals surface area contributed by atoms with Crippen molar-refractivity contribution in [1.82, 2.24) is 15.5 Å². The molecule has 1 amide bonds. The largest absolute Gasteiger partial charge is 0.355 e. The Hall–Kier alpha value is -1.10. The molecule has 0 bridgehead atoms. The van der Waals surface area contributed by atoms with Gasteiger partial charge in [-0.1, -0.05) is 29.8 Å². The lowest BCUT2D eigenvalue weighted by atomic mass is 10.1. The summed E-state index contributed by atoms with van der Waals surface area (Å²) in [6.07, 6.45) is 0. The summed E-state index contributed by atoms with van der Waals surface area (Å²) in [5.41, 5.74) is 1.07. The highest BCUT2D eigenvalue weighted by Crippen LogP contribution is 2.18. The van der Waals surface area contributed by atoms with E-state index in [1.54, 1.807) is 0 Å². The highest BCUT2D eigenvalue weighted by atomic mass is 35.5. The molecule has 0 spiro atoms. The quantitative estimate of drug-likeness (QED) is 0.873. The molecule has 0 saturated carbocycles. The zero-order valence-electron chi connectivity index (χ0n) is 11.2. The monoisotopic (exact) mass is 281 g/mol. The van der Waals surface area contributed by atoms with Crippen LogP contribution in [-0.4, -0.2) is 43.0 Å². The van der Waals surface area contributed by atoms with Gasteiger partial charge in [0, 0.05) is 37.7 Å². The number of rotatable bonds is 4. The van der Waals surface area contributed by atoms with Crippen molar-refractivity contribution in [2.24, 2.45) is 0 Å². The van der Waals surface area contributed by atoms with E-state index in [9.17, 15) is 4.79 Å². The van der Waals surface area contributed by atoms with Crippen molar-refractivity contribution in [2.45, 2.75) is 19.5 Å². The van der Waals surface area contributed by atoms with E-state index in [2.05, 4.69) is 15.5 Å². The summed E-state index contributed by atoms with van der Waals surface area (Å²) in [6.45, 7) is 5.76. The average Bonchev–Trinajstić information content (AvgIpc) is 2.42. The molecular weight excluding hydrogens is 262 g/mol. The summed E-state index contributed by atoms with van der Waals surface area (Å²) in [4.78, 5) is 14.2. The van der Waals surface area contributed by atoms with Gasteiger partial charge in [-0.3, -0.25) is 9.69 Å². The fourth-order valence-electron chi connectivity index (χ4n) is 2.33. The number of carbonyl (C=O) groups excluding carboxylic acids is 1. The van der Waals surface area contributed by atoms with Crippen molar-refractivity contribution in [3.8, 4) is 0 Å². The third kappa shape index (κ3) is 3.69. The van der Waals surface area contributed by atoms with Gasteiger partial charge in [0.05, 0.1) is 0 Å². The zero-order valence-corrected chi connectivity index (χ0v) is 11.9. The van der Waals surface area contributed by atoms with Gasteiger partial charge in [0.1, 0.15) is 6.04 Å². The minimum atomic E-state index is -0.120. The smallest absolute Gasteiger partial charge is 0.238 e. The lowest BCUT2D eigenvalue weighted by molar-refractivity contribution is -0.127. The van der Waals surface area contributed by atoms with Gasteiger partial charge in [-0.15, -0.1) is 0 Å². The Morgan fingerprint density at radius 2 is 2.32 bits per heavy atom. The van der Waals surface area contributed by atoms with Crippen LogP contribution in [-0.2, 0) is 11.3 Å². The number of carbonyl (C=O) groups is 1. The molecule has 1 unspecified atom stereocenters. The Morgan fingerprint density at radius 3 is 3.05 bits per heavy atom. The Labute approximate surface area is 119 Å². The van der Waals surface area contributed by atoms with E-state index in [0.717, 1.165) is 23.7 Å². The van der Waals surface area contributed by atoms with Crippen LogP contribution in [0.25, 0.3) is 0 Å². The molecule has 2 N–H and O–H groups in total. The third-order valence-electron chi connectivity index (χ3n) is 3.34. The number of piperazine rings is 1. The maximum absolute atomic E-state index is 12.1. The molecule has 4 nitrogen and oxygen atoms in total. The van der Waals surface area contributed by atoms with Crippen LogP contribution in [0.3, 0.4) is 0 Å². The van der Waals surface area contributed by atoms with Gasteiger partial charge in [-0.2, -0.15) is 0 Å². The first-order valence-corrected chi connectivity index (χ1v) is 7.06. The van der Waals surface area contributed by atoms with E-state index in [0.29, 0.717) is 19.6 Å². The number of benzene rings is 1. The van der Waals surface area contributed by atoms with Crippen LogP contribution in [0.4, 0.5) is 0 Å². The van der Waals surface area contributed by atoms with Gasteiger partial charge in [0.15, 0.2) is 0 Å². The molecule has 104 valence electrons. The number of hydrogen-bond acceptors (Lipinski definition) is 3. The van der Waals surface area contributed by atoms with E-state index in [4.69, 9.17) is 11.6 Å². The van der Waals surface area contributed by atoms with Gasteiger partial charge in [-0.05, 0) is 18.6 Å². The average molecular weight is 282 g/mol. The minimum absolute atomic E-state index is 0.0850. The Morgan fingerprint density at radius 1 is 1.53 bits per heavy atom. The summed E-state index contributed by atoms with van der Waals surface area (Å²) in [6, 6.07) is 7.68. The lowest BCUT2D eigenvalue weighted by Crippen LogP contribution is -2.57. The van der Waals surface area contributed by atoms with Gasteiger partial charge in [0.2, 0.25) is 5.91 Å². The number of amides is 1. The number of nitrogens with one attached hydrogen (secondary N) is 2. The molecule has 5 heteroatoms. The van der Waals surface area contributed by atoms with Crippen LogP contribution in [0.15, 0.2) is 24.3 Å². The standard InChI is InChI=1S/C14H20ClN3O/c1-2-17-14(19)13-9-16-7-8-18(13)10-11-5-3-4-6-12(11)15/h3-6,13,16H,2,7-10H2,1H3,(H,17,19). The molecule has 0 radical (unpaired) electrons. The van der Waals surface area contributed by atoms with Crippen LogP contribution in [0.2, 0.25) is 5.02 Å². The van der Waals surface area contributed by atoms with Crippen molar-refractivity contribution in [1.29, 1.82) is 0 Å². The normalized spacial score (nSPS) is 20.2. The molecule has 1 aliphatic heterocycles. The zero-order chi connectivity index (χ0) is 13.7. The summed E-state index contributed by atoms with van der Waals surface area (Å²) in [5.74, 6) is 0.0850. The molecule has 1 aromatic carbocycles. The first kappa shape index (κ1) is 14.3. The Balaban J connectivity index is 2.07. The van der Waals surface area contributed by atoms with Crippen LogP contribution >= 0.6 is 11.6 Å². The molecule has 1 heterocycles. The van der Waals surface area contributed by atoms with E-state index in [1.165, 1.54) is 0 Å². The SMILES string of the molecule is CCNC(=O)C1CNCCN1Cc1ccccc1Cl. The molecule has 2 rings (SSSR count). The van der Waals surface area contributed by atoms with Crippen molar-refractivity contribution in [3.05, 3.63) is 34.9 Å². The highest BCUT2D eigenvalue weighted by Gasteiger charge is 2.28. The topological polar surface area (TPSA) is 44.4 Å². The molecule has 19 heavy (non-hydrogen) atoms. The number of hydrogen-bond donors (Lipinski definition) is 2. The second kappa shape index (κ2) is 6.89. The molecule has 1 atom stereocenters. The first-order valence-electron chi connectivity index (χ1n) is 6.68. The number of nitrogens with zero attached hydrogens (tertiary/aromatic N) is 1. The maximum Gasteiger partial charge on any atom is 0.238 e. The van der Waals surface area contributed by atoms with E-state index in [-0.39, 0.29) is 11.9 Å². The maximum atomic E-state index is 12.1. The van der Waals surface area contributed by atoms with Gasteiger partial charge < -0.3 is 10.6 Å². The second-order valence-corrected chi connectivity index (χ2v) is 5.08. The van der Waals surface area contributed by atoms with E-state index in [1.807, 2.05) is 31.2 Å². The molecule has 0 aliphatic carbocycles. The first-order chi connectivity index (χ1) is 9.22. The van der Waals surface area contributed by atoms with E-state index >= 15 is 0 Å². The summed E-state index contributed by atoms with van der Waals surface area (Å²) in [7, 11) is 0. The molecular formula is C14H20ClN3O. The molecule has 1 aliphatic rings. The lowest BCUT2D eigenvalue weighted by Gasteiger charge is -2.35. The van der Waals surface area contributed by atoms with Crippen molar-refractivity contribution in [3.63, 3.8) is 0 Å². The minimum Gasteiger partial charge on any atom is -0.355 e. The molecule has 1 saturated heterocycles. The van der Waals surface area contributed by atoms with Crippen molar-refractivity contribution < 1.29 is 4.79 Å². The van der Waals surface area contributed by atoms with Gasteiger partial charge >= 0.3 is 0 Å². The van der Waals surface area contributed by atoms with Crippen molar-refractivity contribution in [2.75, 3.05) is 26.2 Å². The molecule has 1 aromatic rings. The highest BCUT2D eigenvalue weighted by molar-refractivity contribution is 6.31. The fourth-order valence-corrected chi connectivity index (χ4v) is 2.53. The molecule has 1 fully saturated rings. The van der Waals surface area contributed by atoms with Gasteiger partial charge in [0.25, 0.3) is 0 Å². The van der Waals surface area contributed by atoms with E-state index < -0.39 is 0 Å². The number of halogens is 1. The van der Waals surface area contributed by atoms with Crippen LogP contribution in [0.1, 0.15) is 12.5 Å². The Kier molecular flexibility index (Phi) is 5.19. The third-order valence-corrected chi connectivity index (χ3v) is 3.71. The Bertz CT molecular complexity index is 438. The van der Waals surface area contributed by atoms with Crippen LogP contribution in [0.5, 0.6) is 0 Å². The predicted octanol–water partition coefficient (Wildman–Crippen LogP) is 1.25. The molecule has 0 aromatic heterocycles.